The maximum Gasteiger partial charge on any atom is 0.313 e. The van der Waals surface area contributed by atoms with Crippen molar-refractivity contribution in [3.63, 3.8) is 0 Å². The van der Waals surface area contributed by atoms with E-state index in [0.29, 0.717) is 0 Å². The Labute approximate surface area is 421 Å². The van der Waals surface area contributed by atoms with Crippen molar-refractivity contribution in [2.45, 2.75) is 234 Å². The van der Waals surface area contributed by atoms with Crippen LogP contribution < -0.4 is 0 Å². The zero-order valence-electron chi connectivity index (χ0n) is 46.9. The average Bonchev–Trinajstić information content (AvgIpc) is 3.84. The first-order chi connectivity index (χ1) is 31.6. The highest BCUT2D eigenvalue weighted by Gasteiger charge is 2.64. The molecule has 0 aromatic heterocycles. The Hall–Kier alpha value is -3.91. The minimum absolute atomic E-state index is 0.342. The molecule has 3 heterocycles. The second-order valence-electron chi connectivity index (χ2n) is 27.0. The molecular weight excluding hydrogens is 929 g/mol. The Morgan fingerprint density at radius 3 is 1.13 bits per heavy atom. The van der Waals surface area contributed by atoms with Crippen molar-refractivity contribution in [2.75, 3.05) is 13.2 Å². The zero-order chi connectivity index (χ0) is 55.2. The summed E-state index contributed by atoms with van der Waals surface area (Å²) < 4.78 is 75.3. The number of hydrogen-bond acceptors (Lipinski definition) is 19. The van der Waals surface area contributed by atoms with Gasteiger partial charge in [-0.05, 0) is 145 Å². The van der Waals surface area contributed by atoms with Gasteiger partial charge in [-0.3, -0.25) is 33.6 Å². The first-order valence-electron chi connectivity index (χ1n) is 24.4. The number of carbonyl (C=O) groups is 7. The molecule has 0 N–H and O–H groups in total. The number of esters is 7. The molecule has 0 aliphatic carbocycles. The van der Waals surface area contributed by atoms with E-state index in [1.807, 2.05) is 0 Å². The van der Waals surface area contributed by atoms with Crippen LogP contribution in [-0.2, 0) is 90.4 Å². The fourth-order valence-electron chi connectivity index (χ4n) is 6.39. The summed E-state index contributed by atoms with van der Waals surface area (Å²) in [4.78, 5) is 95.6. The molecule has 3 rings (SSSR count). The van der Waals surface area contributed by atoms with Gasteiger partial charge in [-0.1, -0.05) is 20.8 Å². The summed E-state index contributed by atoms with van der Waals surface area (Å²) in [5, 5.41) is 0. The van der Waals surface area contributed by atoms with Crippen molar-refractivity contribution in [1.29, 1.82) is 0 Å². The van der Waals surface area contributed by atoms with Crippen LogP contribution in [0.5, 0.6) is 0 Å². The Kier molecular flexibility index (Phi) is 18.3. The molecule has 0 radical (unpaired) electrons. The monoisotopic (exact) mass is 1010 g/mol. The van der Waals surface area contributed by atoms with Crippen LogP contribution >= 0.6 is 0 Å². The van der Waals surface area contributed by atoms with Crippen molar-refractivity contribution in [1.82, 2.24) is 0 Å². The summed E-state index contributed by atoms with van der Waals surface area (Å²) in [5.41, 5.74) is -8.68. The van der Waals surface area contributed by atoms with E-state index >= 15 is 0 Å². The van der Waals surface area contributed by atoms with E-state index in [2.05, 4.69) is 0 Å². The molecular formula is C52H86O19. The van der Waals surface area contributed by atoms with Gasteiger partial charge >= 0.3 is 41.8 Å². The number of ether oxygens (including phenoxy) is 12. The Morgan fingerprint density at radius 1 is 0.437 bits per heavy atom. The molecule has 3 aliphatic rings. The van der Waals surface area contributed by atoms with Gasteiger partial charge in [-0.25, -0.2) is 0 Å². The van der Waals surface area contributed by atoms with Gasteiger partial charge in [0.25, 0.3) is 5.97 Å². The molecule has 1 unspecified atom stereocenters. The van der Waals surface area contributed by atoms with Gasteiger partial charge in [0.15, 0.2) is 12.2 Å². The summed E-state index contributed by atoms with van der Waals surface area (Å²) in [6.45, 7) is 38.3. The summed E-state index contributed by atoms with van der Waals surface area (Å²) in [6.07, 6.45) is -15.0. The van der Waals surface area contributed by atoms with E-state index in [4.69, 9.17) is 56.8 Å². The second-order valence-corrected chi connectivity index (χ2v) is 27.0. The van der Waals surface area contributed by atoms with E-state index in [0.717, 1.165) is 0 Å². The first-order valence-corrected chi connectivity index (χ1v) is 24.4. The molecule has 3 aliphatic heterocycles. The lowest BCUT2D eigenvalue weighted by Crippen LogP contribution is -2.56. The molecule has 3 fully saturated rings. The van der Waals surface area contributed by atoms with Crippen LogP contribution in [0.2, 0.25) is 0 Å². The quantitative estimate of drug-likeness (QED) is 0.136. The van der Waals surface area contributed by atoms with Crippen molar-refractivity contribution < 1.29 is 90.4 Å². The Bertz CT molecular complexity index is 1950. The maximum atomic E-state index is 13.9. The number of rotatable bonds is 12. The van der Waals surface area contributed by atoms with Crippen molar-refractivity contribution in [3.05, 3.63) is 0 Å². The van der Waals surface area contributed by atoms with E-state index in [9.17, 15) is 33.6 Å². The van der Waals surface area contributed by atoms with Crippen molar-refractivity contribution in [3.8, 4) is 0 Å². The summed E-state index contributed by atoms with van der Waals surface area (Å²) in [6, 6.07) is 0. The lowest BCUT2D eigenvalue weighted by atomic mass is 9.92. The largest absolute Gasteiger partial charge is 0.462 e. The highest BCUT2D eigenvalue weighted by atomic mass is 16.9. The Balaban J connectivity index is 2.31. The molecule has 0 amide bonds. The molecule has 19 nitrogen and oxygen atoms in total. The van der Waals surface area contributed by atoms with Gasteiger partial charge in [0.2, 0.25) is 24.8 Å². The molecule has 0 bridgehead atoms. The third-order valence-corrected chi connectivity index (χ3v) is 11.2. The van der Waals surface area contributed by atoms with Crippen molar-refractivity contribution >= 4 is 41.8 Å². The van der Waals surface area contributed by atoms with E-state index < -0.39 is 159 Å². The Morgan fingerprint density at radius 2 is 0.761 bits per heavy atom. The molecule has 0 saturated carbocycles. The fraction of sp³-hybridized carbons (Fsp3) is 0.865. The number of carbonyl (C=O) groups excluding carboxylic acids is 7. The minimum atomic E-state index is -2.17. The average molecular weight is 1020 g/mol. The normalized spacial score (nSPS) is 28.4. The lowest BCUT2D eigenvalue weighted by Gasteiger charge is -2.43. The van der Waals surface area contributed by atoms with Gasteiger partial charge < -0.3 is 56.8 Å². The van der Waals surface area contributed by atoms with Crippen LogP contribution in [0.1, 0.15) is 166 Å². The smallest absolute Gasteiger partial charge is 0.313 e. The van der Waals surface area contributed by atoms with Crippen LogP contribution in [0, 0.1) is 43.3 Å². The predicted octanol–water partition coefficient (Wildman–Crippen LogP) is 7.54. The van der Waals surface area contributed by atoms with E-state index in [-0.39, 0.29) is 6.61 Å². The zero-order valence-corrected chi connectivity index (χ0v) is 46.9. The molecule has 19 heteroatoms. The summed E-state index contributed by atoms with van der Waals surface area (Å²) in [5.74, 6) is -7.19. The summed E-state index contributed by atoms with van der Waals surface area (Å²) >= 11 is 0. The van der Waals surface area contributed by atoms with Crippen LogP contribution in [0.25, 0.3) is 0 Å². The topological polar surface area (TPSA) is 230 Å². The molecule has 0 spiro atoms. The third-order valence-electron chi connectivity index (χ3n) is 11.2. The molecule has 11 atom stereocenters. The molecule has 71 heavy (non-hydrogen) atoms. The van der Waals surface area contributed by atoms with Gasteiger partial charge in [0, 0.05) is 5.41 Å². The maximum absolute atomic E-state index is 13.9. The van der Waals surface area contributed by atoms with Crippen LogP contribution in [0.4, 0.5) is 0 Å². The second kappa shape index (κ2) is 21.1. The van der Waals surface area contributed by atoms with Crippen LogP contribution in [0.15, 0.2) is 0 Å². The lowest BCUT2D eigenvalue weighted by molar-refractivity contribution is -0.410. The summed E-state index contributed by atoms with van der Waals surface area (Å²) in [7, 11) is 0. The standard InChI is InChI=1S/C52H86O19/c1-44(2,3)37(53)60-25-27(29-31(64-38(54)45(4,5)6)33(66-40(56)47(10,11)12)35(62-29)68-42(58)49(16,17)18)70-52(51(22,23)24)61-26-28(71-52)30-32(65-39(55)46(7,8)9)34(67-41(57)48(13,14)15)36(63-30)69-43(59)50(19,20)21/h27-36H,25-26H2,1-24H3/t27-,28-,29-,30-,31-,32-,33+,34+,35-,36-,52?/m0/s1. The molecule has 3 saturated heterocycles. The minimum Gasteiger partial charge on any atom is -0.462 e. The molecule has 0 aromatic carbocycles. The van der Waals surface area contributed by atoms with E-state index in [1.54, 1.807) is 166 Å². The van der Waals surface area contributed by atoms with Gasteiger partial charge in [-0.15, -0.1) is 0 Å². The first kappa shape index (κ1) is 61.4. The van der Waals surface area contributed by atoms with Gasteiger partial charge in [-0.2, -0.15) is 0 Å². The highest BCUT2D eigenvalue weighted by molar-refractivity contribution is 5.79. The van der Waals surface area contributed by atoms with Crippen molar-refractivity contribution in [2.24, 2.45) is 43.3 Å². The highest BCUT2D eigenvalue weighted by Crippen LogP contribution is 2.47. The number of hydrogen-bond donors (Lipinski definition) is 0. The third kappa shape index (κ3) is 15.6. The SMILES string of the molecule is CC(C)(C)C(=O)OC[C@H](OC1(C(C)(C)C)OC[C@@H]([C@@H]2O[C@@H](OC(=O)C(C)(C)C)[C@H](OC(=O)C(C)(C)C)[C@H]2OC(=O)C(C)(C)C)O1)[C@@H]1O[C@@H](OC(=O)C(C)(C)C)[C@H](OC(=O)C(C)(C)C)[C@H]1OC(=O)C(C)(C)C. The predicted molar refractivity (Wildman–Crippen MR) is 254 cm³/mol. The van der Waals surface area contributed by atoms with Gasteiger partial charge in [0.05, 0.1) is 44.5 Å². The molecule has 408 valence electrons. The van der Waals surface area contributed by atoms with E-state index in [1.165, 1.54) is 0 Å². The van der Waals surface area contributed by atoms with Crippen LogP contribution in [0.3, 0.4) is 0 Å². The van der Waals surface area contributed by atoms with Gasteiger partial charge in [0.1, 0.15) is 31.0 Å². The van der Waals surface area contributed by atoms with Crippen LogP contribution in [-0.4, -0.2) is 122 Å². The molecule has 0 aromatic rings. The fourth-order valence-corrected chi connectivity index (χ4v) is 6.39.